The van der Waals surface area contributed by atoms with Crippen molar-refractivity contribution in [3.63, 3.8) is 0 Å². The second-order valence-electron chi connectivity index (χ2n) is 7.27. The number of carbonyl (C=O) groups is 2. The van der Waals surface area contributed by atoms with E-state index in [4.69, 9.17) is 10.5 Å². The van der Waals surface area contributed by atoms with E-state index < -0.39 is 18.0 Å². The summed E-state index contributed by atoms with van der Waals surface area (Å²) in [4.78, 5) is 23.2. The van der Waals surface area contributed by atoms with Crippen molar-refractivity contribution in [3.8, 4) is 5.75 Å². The van der Waals surface area contributed by atoms with Gasteiger partial charge in [-0.15, -0.1) is 0 Å². The maximum Gasteiger partial charge on any atom is 0.318 e. The molecule has 0 aliphatic rings. The number of ether oxygens (including phenoxy) is 1. The second kappa shape index (κ2) is 9.19. The van der Waals surface area contributed by atoms with Crippen molar-refractivity contribution >= 4 is 11.9 Å². The van der Waals surface area contributed by atoms with Crippen LogP contribution in [0.4, 0.5) is 4.79 Å². The van der Waals surface area contributed by atoms with Crippen LogP contribution in [0.5, 0.6) is 5.75 Å². The number of nitrogens with two attached hydrogens (primary N) is 1. The van der Waals surface area contributed by atoms with Crippen molar-refractivity contribution < 1.29 is 14.3 Å². The molecule has 0 heterocycles. The van der Waals surface area contributed by atoms with E-state index in [0.29, 0.717) is 13.2 Å². The molecule has 2 rings (SSSR count). The highest BCUT2D eigenvalue weighted by atomic mass is 16.5. The third kappa shape index (κ3) is 6.42. The molecule has 2 aromatic rings. The molecule has 6 heteroatoms. The van der Waals surface area contributed by atoms with Crippen LogP contribution in [-0.4, -0.2) is 25.1 Å². The van der Waals surface area contributed by atoms with Gasteiger partial charge in [-0.25, -0.2) is 4.79 Å². The monoisotopic (exact) mass is 369 g/mol. The van der Waals surface area contributed by atoms with Gasteiger partial charge in [-0.05, 0) is 28.7 Å². The Kier molecular flexibility index (Phi) is 6.96. The summed E-state index contributed by atoms with van der Waals surface area (Å²) < 4.78 is 5.73. The number of benzene rings is 2. The van der Waals surface area contributed by atoms with Gasteiger partial charge in [0.2, 0.25) is 5.91 Å². The van der Waals surface area contributed by atoms with Crippen LogP contribution in [-0.2, 0) is 10.2 Å². The number of hydrogen-bond donors (Lipinski definition) is 3. The number of urea groups is 1. The third-order valence-corrected chi connectivity index (χ3v) is 4.08. The average molecular weight is 369 g/mol. The first-order valence-electron chi connectivity index (χ1n) is 8.89. The normalized spacial score (nSPS) is 12.3. The molecule has 0 aromatic heterocycles. The largest absolute Gasteiger partial charge is 0.492 e. The summed E-state index contributed by atoms with van der Waals surface area (Å²) in [6.07, 6.45) is 0. The van der Waals surface area contributed by atoms with Gasteiger partial charge in [0, 0.05) is 6.54 Å². The highest BCUT2D eigenvalue weighted by Gasteiger charge is 2.21. The van der Waals surface area contributed by atoms with Crippen LogP contribution in [0.2, 0.25) is 0 Å². The van der Waals surface area contributed by atoms with Crippen LogP contribution in [0.1, 0.15) is 37.9 Å². The lowest BCUT2D eigenvalue weighted by Gasteiger charge is -2.20. The molecule has 0 aliphatic heterocycles. The molecular formula is C21H27N3O3. The molecule has 6 nitrogen and oxygen atoms in total. The zero-order valence-corrected chi connectivity index (χ0v) is 16.0. The summed E-state index contributed by atoms with van der Waals surface area (Å²) in [7, 11) is 0. The Hall–Kier alpha value is -2.86. The van der Waals surface area contributed by atoms with Crippen molar-refractivity contribution in [2.45, 2.75) is 32.2 Å². The minimum Gasteiger partial charge on any atom is -0.492 e. The van der Waals surface area contributed by atoms with Gasteiger partial charge in [-0.3, -0.25) is 15.4 Å². The molecule has 0 radical (unpaired) electrons. The van der Waals surface area contributed by atoms with Gasteiger partial charge in [0.25, 0.3) is 0 Å². The fourth-order valence-corrected chi connectivity index (χ4v) is 2.62. The number of rotatable bonds is 7. The Morgan fingerprint density at radius 1 is 1.04 bits per heavy atom. The highest BCUT2D eigenvalue weighted by molar-refractivity contribution is 5.96. The summed E-state index contributed by atoms with van der Waals surface area (Å²) in [6, 6.07) is 15.5. The van der Waals surface area contributed by atoms with Gasteiger partial charge in [0.15, 0.2) is 0 Å². The smallest absolute Gasteiger partial charge is 0.318 e. The minimum absolute atomic E-state index is 0.0940. The zero-order chi connectivity index (χ0) is 19.9. The Labute approximate surface area is 160 Å². The fraction of sp³-hybridized carbons (Fsp3) is 0.333. The van der Waals surface area contributed by atoms with Gasteiger partial charge >= 0.3 is 6.03 Å². The molecule has 27 heavy (non-hydrogen) atoms. The van der Waals surface area contributed by atoms with E-state index >= 15 is 0 Å². The molecule has 1 atom stereocenters. The number of carbonyl (C=O) groups excluding carboxylic acids is 2. The summed E-state index contributed by atoms with van der Waals surface area (Å²) in [5.74, 6) is 0.269. The molecule has 0 aliphatic carbocycles. The lowest BCUT2D eigenvalue weighted by atomic mass is 9.87. The Morgan fingerprint density at radius 3 is 2.22 bits per heavy atom. The minimum atomic E-state index is -0.877. The molecule has 0 unspecified atom stereocenters. The van der Waals surface area contributed by atoms with Gasteiger partial charge in [0.1, 0.15) is 18.4 Å². The van der Waals surface area contributed by atoms with E-state index in [2.05, 4.69) is 43.5 Å². The molecule has 144 valence electrons. The molecule has 2 aromatic carbocycles. The van der Waals surface area contributed by atoms with E-state index in [9.17, 15) is 9.59 Å². The van der Waals surface area contributed by atoms with Crippen LogP contribution < -0.4 is 21.1 Å². The van der Waals surface area contributed by atoms with Crippen LogP contribution in [0, 0.1) is 0 Å². The Morgan fingerprint density at radius 2 is 1.67 bits per heavy atom. The maximum atomic E-state index is 12.2. The van der Waals surface area contributed by atoms with Crippen LogP contribution in [0.25, 0.3) is 0 Å². The van der Waals surface area contributed by atoms with Gasteiger partial charge in [-0.2, -0.15) is 0 Å². The van der Waals surface area contributed by atoms with Crippen molar-refractivity contribution in [1.29, 1.82) is 0 Å². The summed E-state index contributed by atoms with van der Waals surface area (Å²) in [5.41, 5.74) is 7.13. The lowest BCUT2D eigenvalue weighted by molar-refractivity contribution is -0.122. The molecule has 0 saturated carbocycles. The SMILES string of the molecule is CC(C)(C)c1ccc(OCCN[C@H](C(=O)NC(N)=O)c2ccccc2)cc1. The molecule has 0 fully saturated rings. The predicted molar refractivity (Wildman–Crippen MR) is 106 cm³/mol. The molecular weight excluding hydrogens is 342 g/mol. The first-order valence-corrected chi connectivity index (χ1v) is 8.89. The van der Waals surface area contributed by atoms with Crippen molar-refractivity contribution in [1.82, 2.24) is 10.6 Å². The van der Waals surface area contributed by atoms with Crippen LogP contribution in [0.3, 0.4) is 0 Å². The van der Waals surface area contributed by atoms with Crippen molar-refractivity contribution in [3.05, 3.63) is 65.7 Å². The number of hydrogen-bond acceptors (Lipinski definition) is 4. The molecule has 0 spiro atoms. The Bertz CT molecular complexity index is 752. The maximum absolute atomic E-state index is 12.2. The molecule has 4 N–H and O–H groups in total. The first-order chi connectivity index (χ1) is 12.8. The van der Waals surface area contributed by atoms with Crippen molar-refractivity contribution in [2.75, 3.05) is 13.2 Å². The fourth-order valence-electron chi connectivity index (χ4n) is 2.62. The second-order valence-corrected chi connectivity index (χ2v) is 7.27. The van der Waals surface area contributed by atoms with E-state index in [1.54, 1.807) is 0 Å². The summed E-state index contributed by atoms with van der Waals surface area (Å²) in [6.45, 7) is 7.28. The van der Waals surface area contributed by atoms with E-state index in [0.717, 1.165) is 11.3 Å². The van der Waals surface area contributed by atoms with Crippen LogP contribution >= 0.6 is 0 Å². The van der Waals surface area contributed by atoms with E-state index in [-0.39, 0.29) is 5.41 Å². The van der Waals surface area contributed by atoms with Gasteiger partial charge < -0.3 is 10.5 Å². The van der Waals surface area contributed by atoms with Gasteiger partial charge in [-0.1, -0.05) is 63.2 Å². The quantitative estimate of drug-likeness (QED) is 0.654. The molecule has 0 bridgehead atoms. The number of imide groups is 1. The Balaban J connectivity index is 1.91. The molecule has 3 amide bonds. The summed E-state index contributed by atoms with van der Waals surface area (Å²) >= 11 is 0. The lowest BCUT2D eigenvalue weighted by Crippen LogP contribution is -2.43. The third-order valence-electron chi connectivity index (χ3n) is 4.08. The predicted octanol–water partition coefficient (Wildman–Crippen LogP) is 2.89. The van der Waals surface area contributed by atoms with Crippen LogP contribution in [0.15, 0.2) is 54.6 Å². The highest BCUT2D eigenvalue weighted by Crippen LogP contribution is 2.24. The van der Waals surface area contributed by atoms with E-state index in [1.165, 1.54) is 5.56 Å². The number of amides is 3. The average Bonchev–Trinajstić information content (AvgIpc) is 2.61. The topological polar surface area (TPSA) is 93.4 Å². The zero-order valence-electron chi connectivity index (χ0n) is 16.0. The standard InChI is InChI=1S/C21H27N3O3/c1-21(2,3)16-9-11-17(12-10-16)27-14-13-23-18(19(25)24-20(22)26)15-7-5-4-6-8-15/h4-12,18,23H,13-14H2,1-3H3,(H3,22,24,25,26)/t18-/m0/s1. The van der Waals surface area contributed by atoms with E-state index in [1.807, 2.05) is 42.5 Å². The van der Waals surface area contributed by atoms with Gasteiger partial charge in [0.05, 0.1) is 0 Å². The number of primary amides is 1. The van der Waals surface area contributed by atoms with Crippen molar-refractivity contribution in [2.24, 2.45) is 5.73 Å². The molecule has 0 saturated heterocycles. The number of nitrogens with one attached hydrogen (secondary N) is 2. The summed E-state index contributed by atoms with van der Waals surface area (Å²) in [5, 5.41) is 5.22. The first kappa shape index (κ1) is 20.5.